The van der Waals surface area contributed by atoms with E-state index in [4.69, 9.17) is 5.11 Å². The maximum absolute atomic E-state index is 11.5. The number of rotatable bonds is 5. The molecule has 0 aromatic heterocycles. The molecule has 0 radical (unpaired) electrons. The first-order valence-electron chi connectivity index (χ1n) is 5.31. The summed E-state index contributed by atoms with van der Waals surface area (Å²) in [6.07, 6.45) is 0. The van der Waals surface area contributed by atoms with Crippen molar-refractivity contribution in [1.29, 1.82) is 0 Å². The Hall–Kier alpha value is -1.63. The minimum Gasteiger partial charge on any atom is -0.480 e. The molecule has 0 bridgehead atoms. The van der Waals surface area contributed by atoms with Gasteiger partial charge in [0.1, 0.15) is 6.04 Å². The quantitative estimate of drug-likeness (QED) is 0.523. The van der Waals surface area contributed by atoms with Crippen LogP contribution in [0, 0.1) is 5.92 Å². The molecule has 4 N–H and O–H groups in total. The molecule has 0 fully saturated rings. The summed E-state index contributed by atoms with van der Waals surface area (Å²) in [5, 5.41) is 15.9. The minimum atomic E-state index is -1.03. The summed E-state index contributed by atoms with van der Waals surface area (Å²) in [4.78, 5) is 33.3. The summed E-state index contributed by atoms with van der Waals surface area (Å²) < 4.78 is 0. The van der Waals surface area contributed by atoms with Gasteiger partial charge in [-0.2, -0.15) is 0 Å². The molecule has 2 atom stereocenters. The lowest BCUT2D eigenvalue weighted by Crippen LogP contribution is -2.53. The predicted octanol–water partition coefficient (Wildman–Crippen LogP) is -0.471. The Morgan fingerprint density at radius 1 is 1.12 bits per heavy atom. The molecule has 0 aliphatic rings. The molecule has 0 aromatic carbocycles. The second kappa shape index (κ2) is 6.85. The average Bonchev–Trinajstić information content (AvgIpc) is 2.23. The summed E-state index contributed by atoms with van der Waals surface area (Å²) in [6.45, 7) is 4.96. The molecule has 98 valence electrons. The summed E-state index contributed by atoms with van der Waals surface area (Å²) in [5.41, 5.74) is 0. The zero-order valence-electron chi connectivity index (χ0n) is 10.4. The lowest BCUT2D eigenvalue weighted by molar-refractivity contribution is -0.141. The summed E-state index contributed by atoms with van der Waals surface area (Å²) in [6, 6.07) is -2.23. The monoisotopic (exact) mass is 245 g/mol. The minimum absolute atomic E-state index is 0.164. The van der Waals surface area contributed by atoms with Gasteiger partial charge in [0.15, 0.2) is 0 Å². The fraction of sp³-hybridized carbons (Fsp3) is 0.700. The third kappa shape index (κ3) is 5.30. The second-order valence-corrected chi connectivity index (χ2v) is 4.02. The molecule has 0 saturated carbocycles. The fourth-order valence-electron chi connectivity index (χ4n) is 1.18. The highest BCUT2D eigenvalue weighted by atomic mass is 16.4. The van der Waals surface area contributed by atoms with E-state index in [9.17, 15) is 14.4 Å². The van der Waals surface area contributed by atoms with E-state index in [-0.39, 0.29) is 5.92 Å². The zero-order valence-corrected chi connectivity index (χ0v) is 10.4. The number of hydrogen-bond donors (Lipinski definition) is 4. The van der Waals surface area contributed by atoms with Crippen molar-refractivity contribution in [1.82, 2.24) is 16.0 Å². The first kappa shape index (κ1) is 15.4. The van der Waals surface area contributed by atoms with Crippen LogP contribution in [-0.4, -0.2) is 42.1 Å². The van der Waals surface area contributed by atoms with Gasteiger partial charge in [0.05, 0.1) is 6.04 Å². The number of nitrogens with one attached hydrogen (secondary N) is 3. The van der Waals surface area contributed by atoms with Crippen LogP contribution in [0.2, 0.25) is 0 Å². The predicted molar refractivity (Wildman–Crippen MR) is 61.5 cm³/mol. The molecular weight excluding hydrogens is 226 g/mol. The molecule has 0 rings (SSSR count). The number of aliphatic carboxylic acids is 1. The Morgan fingerprint density at radius 3 is 2.00 bits per heavy atom. The van der Waals surface area contributed by atoms with Gasteiger partial charge < -0.3 is 10.4 Å². The summed E-state index contributed by atoms with van der Waals surface area (Å²) >= 11 is 0. The van der Waals surface area contributed by atoms with Gasteiger partial charge in [-0.15, -0.1) is 0 Å². The van der Waals surface area contributed by atoms with Gasteiger partial charge >= 0.3 is 12.0 Å². The highest BCUT2D eigenvalue weighted by Gasteiger charge is 2.26. The van der Waals surface area contributed by atoms with Crippen molar-refractivity contribution < 1.29 is 19.5 Å². The molecule has 0 aromatic rings. The summed E-state index contributed by atoms with van der Waals surface area (Å²) in [5.74, 6) is -1.77. The molecule has 0 saturated heterocycles. The van der Waals surface area contributed by atoms with Crippen LogP contribution in [0.15, 0.2) is 0 Å². The molecule has 0 aliphatic heterocycles. The van der Waals surface area contributed by atoms with Crippen LogP contribution in [0.25, 0.3) is 0 Å². The number of carbonyl (C=O) groups is 3. The molecular formula is C10H19N3O4. The molecule has 3 amide bonds. The number of amides is 3. The summed E-state index contributed by atoms with van der Waals surface area (Å²) in [7, 11) is 1.38. The van der Waals surface area contributed by atoms with E-state index in [1.807, 2.05) is 0 Å². The van der Waals surface area contributed by atoms with E-state index in [0.717, 1.165) is 0 Å². The van der Waals surface area contributed by atoms with Crippen molar-refractivity contribution in [2.24, 2.45) is 5.92 Å². The molecule has 0 heterocycles. The van der Waals surface area contributed by atoms with Gasteiger partial charge in [0.2, 0.25) is 5.91 Å². The van der Waals surface area contributed by atoms with Crippen molar-refractivity contribution in [3.05, 3.63) is 0 Å². The number of urea groups is 1. The maximum atomic E-state index is 11.5. The van der Waals surface area contributed by atoms with Gasteiger partial charge in [-0.3, -0.25) is 20.2 Å². The van der Waals surface area contributed by atoms with Crippen LogP contribution in [-0.2, 0) is 9.59 Å². The lowest BCUT2D eigenvalue weighted by Gasteiger charge is -2.22. The van der Waals surface area contributed by atoms with Crippen LogP contribution in [0.3, 0.4) is 0 Å². The van der Waals surface area contributed by atoms with Crippen molar-refractivity contribution in [3.8, 4) is 0 Å². The van der Waals surface area contributed by atoms with Gasteiger partial charge in [-0.1, -0.05) is 13.8 Å². The zero-order chi connectivity index (χ0) is 13.6. The third-order valence-electron chi connectivity index (χ3n) is 2.22. The topological polar surface area (TPSA) is 108 Å². The van der Waals surface area contributed by atoms with Crippen LogP contribution >= 0.6 is 0 Å². The van der Waals surface area contributed by atoms with Crippen LogP contribution in [0.5, 0.6) is 0 Å². The standard InChI is InChI=1S/C10H19N3O4/c1-5(2)7(9(15)16)12-6(3)8(14)13-10(17)11-4/h5-7,12H,1-4H3,(H,15,16)(H2,11,13,14,17). The Labute approximate surface area is 100.0 Å². The van der Waals surface area contributed by atoms with E-state index >= 15 is 0 Å². The highest BCUT2D eigenvalue weighted by Crippen LogP contribution is 2.03. The first-order valence-corrected chi connectivity index (χ1v) is 5.31. The van der Waals surface area contributed by atoms with Crippen LogP contribution in [0.1, 0.15) is 20.8 Å². The van der Waals surface area contributed by atoms with E-state index in [2.05, 4.69) is 16.0 Å². The van der Waals surface area contributed by atoms with Gasteiger partial charge in [0, 0.05) is 7.05 Å². The fourth-order valence-corrected chi connectivity index (χ4v) is 1.18. The number of hydrogen-bond acceptors (Lipinski definition) is 4. The Balaban J connectivity index is 4.40. The maximum Gasteiger partial charge on any atom is 0.321 e. The number of imide groups is 1. The normalized spacial score (nSPS) is 13.9. The van der Waals surface area contributed by atoms with Gasteiger partial charge in [0.25, 0.3) is 0 Å². The van der Waals surface area contributed by atoms with E-state index < -0.39 is 30.0 Å². The van der Waals surface area contributed by atoms with E-state index in [1.54, 1.807) is 13.8 Å². The smallest absolute Gasteiger partial charge is 0.321 e. The third-order valence-corrected chi connectivity index (χ3v) is 2.22. The molecule has 7 nitrogen and oxygen atoms in total. The number of carbonyl (C=O) groups excluding carboxylic acids is 2. The largest absolute Gasteiger partial charge is 0.480 e. The van der Waals surface area contributed by atoms with Crippen molar-refractivity contribution >= 4 is 17.9 Å². The van der Waals surface area contributed by atoms with Crippen LogP contribution in [0.4, 0.5) is 4.79 Å². The Kier molecular flexibility index (Phi) is 6.19. The van der Waals surface area contributed by atoms with Gasteiger partial charge in [-0.25, -0.2) is 4.79 Å². The first-order chi connectivity index (χ1) is 7.79. The van der Waals surface area contributed by atoms with Crippen molar-refractivity contribution in [2.45, 2.75) is 32.9 Å². The Bertz CT molecular complexity index is 304. The number of carboxylic acids is 1. The number of carboxylic acid groups (broad SMARTS) is 1. The molecule has 0 aliphatic carbocycles. The van der Waals surface area contributed by atoms with Crippen molar-refractivity contribution in [2.75, 3.05) is 7.05 Å². The van der Waals surface area contributed by atoms with Crippen molar-refractivity contribution in [3.63, 3.8) is 0 Å². The Morgan fingerprint density at radius 2 is 1.65 bits per heavy atom. The van der Waals surface area contributed by atoms with Gasteiger partial charge in [-0.05, 0) is 12.8 Å². The highest BCUT2D eigenvalue weighted by molar-refractivity contribution is 5.96. The second-order valence-electron chi connectivity index (χ2n) is 4.02. The SMILES string of the molecule is CNC(=O)NC(=O)C(C)NC(C(=O)O)C(C)C. The molecule has 7 heteroatoms. The van der Waals surface area contributed by atoms with Crippen LogP contribution < -0.4 is 16.0 Å². The molecule has 0 spiro atoms. The molecule has 2 unspecified atom stereocenters. The van der Waals surface area contributed by atoms with E-state index in [1.165, 1.54) is 14.0 Å². The van der Waals surface area contributed by atoms with E-state index in [0.29, 0.717) is 0 Å². The lowest BCUT2D eigenvalue weighted by atomic mass is 10.0. The average molecular weight is 245 g/mol. The molecule has 17 heavy (non-hydrogen) atoms.